The maximum Gasteiger partial charge on any atom is 0.310 e. The Morgan fingerprint density at radius 2 is 2.00 bits per heavy atom. The minimum atomic E-state index is -0.843. The van der Waals surface area contributed by atoms with Gasteiger partial charge in [-0.15, -0.1) is 0 Å². The molecule has 2 aromatic carbocycles. The average molecular weight is 417 g/mol. The minimum absolute atomic E-state index is 0.170. The lowest BCUT2D eigenvalue weighted by Crippen LogP contribution is -2.14. The molecule has 28 heavy (non-hydrogen) atoms. The molecule has 1 saturated carbocycles. The first-order valence-corrected chi connectivity index (χ1v) is 10.5. The molecule has 146 valence electrons. The minimum Gasteiger partial charge on any atom is -0.490 e. The van der Waals surface area contributed by atoms with Crippen LogP contribution in [-0.2, 0) is 4.79 Å². The zero-order valence-electron chi connectivity index (χ0n) is 15.7. The Balaban J connectivity index is 1.82. The normalized spacial score (nSPS) is 15.1. The summed E-state index contributed by atoms with van der Waals surface area (Å²) in [4.78, 5) is 11.9. The molecule has 7 heteroatoms. The number of ether oxygens (including phenoxy) is 1. The van der Waals surface area contributed by atoms with Crippen LogP contribution in [0.4, 0.5) is 0 Å². The van der Waals surface area contributed by atoms with Crippen molar-refractivity contribution in [2.75, 3.05) is 0 Å². The van der Waals surface area contributed by atoms with E-state index in [9.17, 15) is 9.90 Å². The Bertz CT molecular complexity index is 1030. The number of nitrogens with zero attached hydrogens (tertiary/aromatic N) is 2. The molecule has 1 unspecified atom stereocenters. The summed E-state index contributed by atoms with van der Waals surface area (Å²) in [5.41, 5.74) is 4.00. The quantitative estimate of drug-likeness (QED) is 0.529. The molecule has 4 rings (SSSR count). The van der Waals surface area contributed by atoms with Crippen LogP contribution in [0.5, 0.6) is 5.75 Å². The van der Waals surface area contributed by atoms with E-state index >= 15 is 0 Å². The zero-order chi connectivity index (χ0) is 19.8. The van der Waals surface area contributed by atoms with Crippen LogP contribution in [-0.4, -0.2) is 25.9 Å². The van der Waals surface area contributed by atoms with Crippen molar-refractivity contribution in [3.05, 3.63) is 40.9 Å². The van der Waals surface area contributed by atoms with Gasteiger partial charge in [-0.2, -0.15) is 8.75 Å². The van der Waals surface area contributed by atoms with Gasteiger partial charge >= 0.3 is 5.97 Å². The monoisotopic (exact) mass is 416 g/mol. The summed E-state index contributed by atoms with van der Waals surface area (Å²) in [6.45, 7) is 4.04. The number of carbonyl (C=O) groups is 1. The van der Waals surface area contributed by atoms with E-state index in [1.807, 2.05) is 38.1 Å². The zero-order valence-corrected chi connectivity index (χ0v) is 17.3. The average Bonchev–Trinajstić information content (AvgIpc) is 3.32. The van der Waals surface area contributed by atoms with E-state index in [2.05, 4.69) is 8.75 Å². The second-order valence-corrected chi connectivity index (χ2v) is 8.62. The van der Waals surface area contributed by atoms with E-state index in [0.717, 1.165) is 35.0 Å². The molecule has 1 N–H and O–H groups in total. The Morgan fingerprint density at radius 3 is 2.68 bits per heavy atom. The SMILES string of the molecule is CC(C)CC(C(=O)O)c1cc(Cl)c(-c2ccc3nsnc3c2)c(OC2CC2)c1. The number of benzene rings is 2. The van der Waals surface area contributed by atoms with Crippen LogP contribution in [0.25, 0.3) is 22.2 Å². The topological polar surface area (TPSA) is 72.3 Å². The largest absolute Gasteiger partial charge is 0.490 e. The van der Waals surface area contributed by atoms with Gasteiger partial charge in [0, 0.05) is 5.56 Å². The molecular formula is C21H21ClN2O3S. The predicted octanol–water partition coefficient (Wildman–Crippen LogP) is 5.77. The summed E-state index contributed by atoms with van der Waals surface area (Å²) in [5, 5.41) is 10.2. The van der Waals surface area contributed by atoms with E-state index in [-0.39, 0.29) is 12.0 Å². The van der Waals surface area contributed by atoms with Crippen molar-refractivity contribution in [3.8, 4) is 16.9 Å². The van der Waals surface area contributed by atoms with Crippen molar-refractivity contribution in [2.45, 2.75) is 45.1 Å². The smallest absolute Gasteiger partial charge is 0.310 e. The lowest BCUT2D eigenvalue weighted by atomic mass is 9.89. The van der Waals surface area contributed by atoms with Gasteiger partial charge in [0.15, 0.2) is 0 Å². The molecule has 0 radical (unpaired) electrons. The molecule has 1 aromatic heterocycles. The van der Waals surface area contributed by atoms with Crippen LogP contribution < -0.4 is 4.74 Å². The Labute approximate surface area is 172 Å². The van der Waals surface area contributed by atoms with E-state index in [4.69, 9.17) is 16.3 Å². The number of rotatable bonds is 7. The lowest BCUT2D eigenvalue weighted by molar-refractivity contribution is -0.139. The van der Waals surface area contributed by atoms with Gasteiger partial charge in [-0.05, 0) is 60.6 Å². The summed E-state index contributed by atoms with van der Waals surface area (Å²) in [6, 6.07) is 9.43. The van der Waals surface area contributed by atoms with Crippen LogP contribution in [0.15, 0.2) is 30.3 Å². The first kappa shape index (κ1) is 19.2. The highest BCUT2D eigenvalue weighted by Crippen LogP contribution is 2.43. The second-order valence-electron chi connectivity index (χ2n) is 7.68. The van der Waals surface area contributed by atoms with E-state index in [0.29, 0.717) is 22.8 Å². The number of carboxylic acid groups (broad SMARTS) is 1. The van der Waals surface area contributed by atoms with Crippen molar-refractivity contribution >= 4 is 40.3 Å². The Kier molecular flexibility index (Phi) is 5.25. The first-order valence-electron chi connectivity index (χ1n) is 9.38. The van der Waals surface area contributed by atoms with Crippen LogP contribution in [0.2, 0.25) is 5.02 Å². The molecule has 1 heterocycles. The number of hydrogen-bond donors (Lipinski definition) is 1. The molecule has 0 spiro atoms. The molecule has 1 aliphatic carbocycles. The highest BCUT2D eigenvalue weighted by molar-refractivity contribution is 7.00. The second kappa shape index (κ2) is 7.68. The van der Waals surface area contributed by atoms with E-state index in [1.54, 1.807) is 6.07 Å². The lowest BCUT2D eigenvalue weighted by Gasteiger charge is -2.20. The van der Waals surface area contributed by atoms with Gasteiger partial charge in [0.05, 0.1) is 28.8 Å². The molecule has 3 aromatic rings. The van der Waals surface area contributed by atoms with Gasteiger partial charge < -0.3 is 9.84 Å². The number of hydrogen-bond acceptors (Lipinski definition) is 5. The number of aliphatic carboxylic acids is 1. The fourth-order valence-corrected chi connectivity index (χ4v) is 4.18. The molecule has 1 atom stereocenters. The van der Waals surface area contributed by atoms with Crippen molar-refractivity contribution in [3.63, 3.8) is 0 Å². The Morgan fingerprint density at radius 1 is 1.25 bits per heavy atom. The molecule has 0 aliphatic heterocycles. The van der Waals surface area contributed by atoms with Gasteiger partial charge in [-0.3, -0.25) is 4.79 Å². The van der Waals surface area contributed by atoms with Gasteiger partial charge in [-0.25, -0.2) is 0 Å². The van der Waals surface area contributed by atoms with Crippen LogP contribution in [0.1, 0.15) is 44.6 Å². The molecule has 0 bridgehead atoms. The number of halogens is 1. The summed E-state index contributed by atoms with van der Waals surface area (Å²) in [6.07, 6.45) is 2.72. The highest BCUT2D eigenvalue weighted by atomic mass is 35.5. The van der Waals surface area contributed by atoms with Gasteiger partial charge in [-0.1, -0.05) is 31.5 Å². The Hall–Kier alpha value is -2.18. The fraction of sp³-hybridized carbons (Fsp3) is 0.381. The molecule has 1 aliphatic rings. The molecule has 5 nitrogen and oxygen atoms in total. The van der Waals surface area contributed by atoms with E-state index < -0.39 is 11.9 Å². The molecule has 0 amide bonds. The molecule has 1 fully saturated rings. The van der Waals surface area contributed by atoms with Crippen LogP contribution in [0.3, 0.4) is 0 Å². The van der Waals surface area contributed by atoms with Gasteiger partial charge in [0.25, 0.3) is 0 Å². The molecular weight excluding hydrogens is 396 g/mol. The summed E-state index contributed by atoms with van der Waals surface area (Å²) >= 11 is 7.85. The third-order valence-corrected chi connectivity index (χ3v) is 5.70. The predicted molar refractivity (Wildman–Crippen MR) is 111 cm³/mol. The van der Waals surface area contributed by atoms with Gasteiger partial charge in [0.1, 0.15) is 16.8 Å². The first-order chi connectivity index (χ1) is 13.4. The van der Waals surface area contributed by atoms with Crippen molar-refractivity contribution < 1.29 is 14.6 Å². The third kappa shape index (κ3) is 3.98. The van der Waals surface area contributed by atoms with Crippen molar-refractivity contribution in [2.24, 2.45) is 5.92 Å². The number of aromatic nitrogens is 2. The summed E-state index contributed by atoms with van der Waals surface area (Å²) in [5.74, 6) is -0.558. The van der Waals surface area contributed by atoms with Crippen LogP contribution >= 0.6 is 23.3 Å². The highest BCUT2D eigenvalue weighted by Gasteiger charge is 2.28. The maximum absolute atomic E-state index is 11.9. The fourth-order valence-electron chi connectivity index (χ4n) is 3.33. The van der Waals surface area contributed by atoms with Crippen molar-refractivity contribution in [1.29, 1.82) is 0 Å². The molecule has 0 saturated heterocycles. The third-order valence-electron chi connectivity index (χ3n) is 4.84. The summed E-state index contributed by atoms with van der Waals surface area (Å²) < 4.78 is 14.7. The van der Waals surface area contributed by atoms with Gasteiger partial charge in [0.2, 0.25) is 0 Å². The standard InChI is InChI=1S/C21H21ClN2O3S/c1-11(2)7-15(21(25)26)13-8-16(22)20(19(10-13)27-14-4-5-14)12-3-6-17-18(9-12)24-28-23-17/h3,6,8-11,14-15H,4-5,7H2,1-2H3,(H,25,26). The van der Waals surface area contributed by atoms with E-state index in [1.165, 1.54) is 11.7 Å². The summed E-state index contributed by atoms with van der Waals surface area (Å²) in [7, 11) is 0. The van der Waals surface area contributed by atoms with Crippen LogP contribution in [0, 0.1) is 5.92 Å². The van der Waals surface area contributed by atoms with Crippen molar-refractivity contribution in [1.82, 2.24) is 8.75 Å². The number of carboxylic acids is 1. The maximum atomic E-state index is 11.9. The number of fused-ring (bicyclic) bond motifs is 1.